The van der Waals surface area contributed by atoms with Gasteiger partial charge in [-0.05, 0) is 49.8 Å². The number of carbonyl (C=O) groups is 1. The third-order valence-electron chi connectivity index (χ3n) is 5.43. The van der Waals surface area contributed by atoms with Gasteiger partial charge >= 0.3 is 0 Å². The summed E-state index contributed by atoms with van der Waals surface area (Å²) in [6.45, 7) is 0. The molecule has 5 nitrogen and oxygen atoms in total. The fraction of sp³-hybridized carbons (Fsp3) is 0.632. The molecule has 2 saturated heterocycles. The van der Waals surface area contributed by atoms with Gasteiger partial charge in [0.05, 0.1) is 14.2 Å². The fourth-order valence-corrected chi connectivity index (χ4v) is 3.99. The minimum absolute atomic E-state index is 0.225. The molecule has 0 spiro atoms. The molecule has 2 aliphatic rings. The van der Waals surface area contributed by atoms with E-state index in [1.165, 1.54) is 12.8 Å². The minimum atomic E-state index is 0.225. The van der Waals surface area contributed by atoms with Crippen molar-refractivity contribution in [1.82, 2.24) is 10.2 Å². The Morgan fingerprint density at radius 3 is 2.25 bits per heavy atom. The zero-order valence-electron chi connectivity index (χ0n) is 14.9. The molecule has 0 aliphatic carbocycles. The van der Waals surface area contributed by atoms with Crippen LogP contribution in [0.5, 0.6) is 11.5 Å². The van der Waals surface area contributed by atoms with Gasteiger partial charge in [0.2, 0.25) is 5.91 Å². The van der Waals surface area contributed by atoms with Crippen LogP contribution in [-0.4, -0.2) is 50.2 Å². The number of nitrogens with one attached hydrogen (secondary N) is 1. The molecule has 1 aromatic carbocycles. The van der Waals surface area contributed by atoms with Crippen LogP contribution in [0.15, 0.2) is 18.2 Å². The first-order valence-corrected chi connectivity index (χ1v) is 8.82. The third kappa shape index (κ3) is 3.83. The zero-order valence-corrected chi connectivity index (χ0v) is 14.9. The van der Waals surface area contributed by atoms with Crippen LogP contribution in [0.2, 0.25) is 0 Å². The van der Waals surface area contributed by atoms with Crippen molar-refractivity contribution in [1.29, 1.82) is 0 Å². The largest absolute Gasteiger partial charge is 0.497 e. The molecule has 1 amide bonds. The standard InChI is InChI=1S/C19H28N2O3/c1-21(16-10-14-5-6-15(11-16)20-14)19(22)7-4-13-8-17(23-2)12-18(9-13)24-3/h8-9,12,14-16,20H,4-7,10-11H2,1-3H3. The summed E-state index contributed by atoms with van der Waals surface area (Å²) in [5.41, 5.74) is 1.07. The van der Waals surface area contributed by atoms with Crippen LogP contribution in [0.25, 0.3) is 0 Å². The molecule has 3 rings (SSSR count). The quantitative estimate of drug-likeness (QED) is 0.869. The Labute approximate surface area is 144 Å². The molecule has 2 unspecified atom stereocenters. The third-order valence-corrected chi connectivity index (χ3v) is 5.43. The average molecular weight is 332 g/mol. The molecule has 1 N–H and O–H groups in total. The molecule has 0 saturated carbocycles. The number of aryl methyl sites for hydroxylation is 1. The van der Waals surface area contributed by atoms with Gasteiger partial charge in [-0.25, -0.2) is 0 Å². The molecule has 2 aliphatic heterocycles. The highest BCUT2D eigenvalue weighted by molar-refractivity contribution is 5.76. The minimum Gasteiger partial charge on any atom is -0.497 e. The van der Waals surface area contributed by atoms with Gasteiger partial charge in [0.15, 0.2) is 0 Å². The van der Waals surface area contributed by atoms with Crippen LogP contribution in [0.4, 0.5) is 0 Å². The molecule has 1 aromatic rings. The number of amides is 1. The molecule has 2 bridgehead atoms. The lowest BCUT2D eigenvalue weighted by atomic mass is 9.98. The van der Waals surface area contributed by atoms with Crippen molar-refractivity contribution in [2.75, 3.05) is 21.3 Å². The molecular formula is C19H28N2O3. The van der Waals surface area contributed by atoms with Crippen LogP contribution in [0, 0.1) is 0 Å². The highest BCUT2D eigenvalue weighted by atomic mass is 16.5. The van der Waals surface area contributed by atoms with Gasteiger partial charge in [0.25, 0.3) is 0 Å². The second kappa shape index (κ2) is 7.43. The van der Waals surface area contributed by atoms with E-state index in [0.717, 1.165) is 29.9 Å². The summed E-state index contributed by atoms with van der Waals surface area (Å²) in [7, 11) is 5.25. The Kier molecular flexibility index (Phi) is 5.29. The first-order valence-electron chi connectivity index (χ1n) is 8.82. The Bertz CT molecular complexity index is 556. The molecular weight excluding hydrogens is 304 g/mol. The second-order valence-corrected chi connectivity index (χ2v) is 6.99. The van der Waals surface area contributed by atoms with Gasteiger partial charge in [-0.3, -0.25) is 4.79 Å². The monoisotopic (exact) mass is 332 g/mol. The number of methoxy groups -OCH3 is 2. The van der Waals surface area contributed by atoms with E-state index in [-0.39, 0.29) is 5.91 Å². The Hall–Kier alpha value is -1.75. The first kappa shape index (κ1) is 17.1. The average Bonchev–Trinajstić information content (AvgIpc) is 2.96. The van der Waals surface area contributed by atoms with E-state index in [2.05, 4.69) is 5.32 Å². The van der Waals surface area contributed by atoms with Crippen LogP contribution in [-0.2, 0) is 11.2 Å². The first-order chi connectivity index (χ1) is 11.6. The van der Waals surface area contributed by atoms with Crippen LogP contribution < -0.4 is 14.8 Å². The van der Waals surface area contributed by atoms with Crippen molar-refractivity contribution in [2.24, 2.45) is 0 Å². The van der Waals surface area contributed by atoms with Crippen molar-refractivity contribution in [3.63, 3.8) is 0 Å². The van der Waals surface area contributed by atoms with E-state index in [4.69, 9.17) is 9.47 Å². The number of nitrogens with zero attached hydrogens (tertiary/aromatic N) is 1. The summed E-state index contributed by atoms with van der Waals surface area (Å²) >= 11 is 0. The molecule has 0 aromatic heterocycles. The lowest BCUT2D eigenvalue weighted by Gasteiger charge is -2.35. The van der Waals surface area contributed by atoms with Gasteiger partial charge < -0.3 is 19.7 Å². The number of ether oxygens (including phenoxy) is 2. The second-order valence-electron chi connectivity index (χ2n) is 6.99. The van der Waals surface area contributed by atoms with Crippen molar-refractivity contribution >= 4 is 5.91 Å². The molecule has 24 heavy (non-hydrogen) atoms. The molecule has 5 heteroatoms. The maximum atomic E-state index is 12.6. The number of fused-ring (bicyclic) bond motifs is 2. The van der Waals surface area contributed by atoms with Gasteiger partial charge in [0, 0.05) is 37.7 Å². The van der Waals surface area contributed by atoms with Crippen LogP contribution in [0.1, 0.15) is 37.7 Å². The summed E-state index contributed by atoms with van der Waals surface area (Å²) in [6.07, 6.45) is 5.91. The Morgan fingerprint density at radius 2 is 1.71 bits per heavy atom. The van der Waals surface area contributed by atoms with Crippen LogP contribution in [0.3, 0.4) is 0 Å². The summed E-state index contributed by atoms with van der Waals surface area (Å²) < 4.78 is 10.6. The molecule has 0 radical (unpaired) electrons. The molecule has 2 fully saturated rings. The van der Waals surface area contributed by atoms with Gasteiger partial charge in [-0.15, -0.1) is 0 Å². The Morgan fingerprint density at radius 1 is 1.12 bits per heavy atom. The number of carbonyl (C=O) groups excluding carboxylic acids is 1. The number of hydrogen-bond acceptors (Lipinski definition) is 4. The van der Waals surface area contributed by atoms with Crippen LogP contribution >= 0.6 is 0 Å². The predicted molar refractivity (Wildman–Crippen MR) is 93.6 cm³/mol. The maximum absolute atomic E-state index is 12.6. The summed E-state index contributed by atoms with van der Waals surface area (Å²) in [4.78, 5) is 14.6. The van der Waals surface area contributed by atoms with Crippen molar-refractivity contribution < 1.29 is 14.3 Å². The van der Waals surface area contributed by atoms with E-state index < -0.39 is 0 Å². The van der Waals surface area contributed by atoms with Gasteiger partial charge in [-0.2, -0.15) is 0 Å². The van der Waals surface area contributed by atoms with E-state index >= 15 is 0 Å². The molecule has 132 valence electrons. The number of piperidine rings is 1. The normalized spacial score (nSPS) is 25.4. The lowest BCUT2D eigenvalue weighted by molar-refractivity contribution is -0.132. The topological polar surface area (TPSA) is 50.8 Å². The summed E-state index contributed by atoms with van der Waals surface area (Å²) in [5, 5.41) is 3.63. The van der Waals surface area contributed by atoms with Crippen molar-refractivity contribution in [3.05, 3.63) is 23.8 Å². The van der Waals surface area contributed by atoms with E-state index in [1.54, 1.807) is 14.2 Å². The lowest BCUT2D eigenvalue weighted by Crippen LogP contribution is -2.48. The molecule has 2 atom stereocenters. The fourth-order valence-electron chi connectivity index (χ4n) is 3.99. The number of benzene rings is 1. The number of rotatable bonds is 6. The summed E-state index contributed by atoms with van der Waals surface area (Å²) in [5.74, 6) is 1.75. The predicted octanol–water partition coefficient (Wildman–Crippen LogP) is 2.38. The summed E-state index contributed by atoms with van der Waals surface area (Å²) in [6, 6.07) is 7.39. The van der Waals surface area contributed by atoms with E-state index in [1.807, 2.05) is 30.1 Å². The van der Waals surface area contributed by atoms with Crippen molar-refractivity contribution in [3.8, 4) is 11.5 Å². The SMILES string of the molecule is COc1cc(CCC(=O)N(C)C2CC3CCC(C2)N3)cc(OC)c1. The zero-order chi connectivity index (χ0) is 17.1. The maximum Gasteiger partial charge on any atom is 0.222 e. The van der Waals surface area contributed by atoms with Gasteiger partial charge in [0.1, 0.15) is 11.5 Å². The van der Waals surface area contributed by atoms with E-state index in [9.17, 15) is 4.79 Å². The van der Waals surface area contributed by atoms with E-state index in [0.29, 0.717) is 31.0 Å². The highest BCUT2D eigenvalue weighted by Gasteiger charge is 2.36. The highest BCUT2D eigenvalue weighted by Crippen LogP contribution is 2.30. The smallest absolute Gasteiger partial charge is 0.222 e. The molecule has 2 heterocycles. The Balaban J connectivity index is 1.57. The van der Waals surface area contributed by atoms with Gasteiger partial charge in [-0.1, -0.05) is 0 Å². The van der Waals surface area contributed by atoms with Crippen molar-refractivity contribution in [2.45, 2.75) is 56.7 Å². The number of hydrogen-bond donors (Lipinski definition) is 1.